The zero-order chi connectivity index (χ0) is 16.1. The van der Waals surface area contributed by atoms with Gasteiger partial charge >= 0.3 is 6.55 Å². The number of rotatable bonds is 7. The topological polar surface area (TPSA) is 46.5 Å². The van der Waals surface area contributed by atoms with Crippen LogP contribution in [0.25, 0.3) is 0 Å². The van der Waals surface area contributed by atoms with E-state index in [1.165, 1.54) is 12.1 Å². The van der Waals surface area contributed by atoms with E-state index in [9.17, 15) is 13.6 Å². The lowest BCUT2D eigenvalue weighted by atomic mass is 10.1. The number of nitrogens with one attached hydrogen (secondary N) is 1. The van der Waals surface area contributed by atoms with Crippen molar-refractivity contribution in [3.05, 3.63) is 23.5 Å². The molecular weight excluding hydrogens is 292 g/mol. The second-order valence-corrected chi connectivity index (χ2v) is 5.67. The summed E-state index contributed by atoms with van der Waals surface area (Å²) in [5.74, 6) is -0.0828. The first kappa shape index (κ1) is 16.9. The normalized spacial score (nSPS) is 19.0. The molecule has 0 aliphatic carbocycles. The molecule has 7 heteroatoms. The Labute approximate surface area is 129 Å². The largest absolute Gasteiger partial charge is 0.383 e. The predicted octanol–water partition coefficient (Wildman–Crippen LogP) is 1.89. The Morgan fingerprint density at radius 1 is 1.50 bits per heavy atom. The van der Waals surface area contributed by atoms with E-state index in [2.05, 4.69) is 10.2 Å². The number of carbonyl (C=O) groups excluding carboxylic acids is 1. The van der Waals surface area contributed by atoms with Crippen molar-refractivity contribution in [1.82, 2.24) is 14.8 Å². The number of alkyl halides is 2. The lowest BCUT2D eigenvalue weighted by Gasteiger charge is -2.16. The molecule has 0 saturated carbocycles. The SMILES string of the molecule is COCCN1CC[C@H](CNC(=O)c2ccc(C)n2C(F)F)C1. The van der Waals surface area contributed by atoms with Crippen LogP contribution >= 0.6 is 0 Å². The molecule has 0 aromatic carbocycles. The van der Waals surface area contributed by atoms with E-state index >= 15 is 0 Å². The number of halogens is 2. The van der Waals surface area contributed by atoms with E-state index in [0.717, 1.165) is 30.6 Å². The summed E-state index contributed by atoms with van der Waals surface area (Å²) in [5, 5.41) is 2.78. The van der Waals surface area contributed by atoms with E-state index in [0.29, 0.717) is 24.8 Å². The maximum Gasteiger partial charge on any atom is 0.319 e. The second kappa shape index (κ2) is 7.69. The Morgan fingerprint density at radius 3 is 2.95 bits per heavy atom. The summed E-state index contributed by atoms with van der Waals surface area (Å²) in [7, 11) is 1.67. The Bertz CT molecular complexity index is 505. The standard InChI is InChI=1S/C15H23F2N3O2/c1-11-3-4-13(20(11)15(16)17)14(21)18-9-12-5-6-19(10-12)7-8-22-2/h3-4,12,15H,5-10H2,1-2H3,(H,18,21)/t12-/m1/s1. The van der Waals surface area contributed by atoms with Crippen LogP contribution in [0.5, 0.6) is 0 Å². The number of hydrogen-bond donors (Lipinski definition) is 1. The lowest BCUT2D eigenvalue weighted by Crippen LogP contribution is -2.33. The van der Waals surface area contributed by atoms with Crippen molar-refractivity contribution in [1.29, 1.82) is 0 Å². The molecule has 124 valence electrons. The predicted molar refractivity (Wildman–Crippen MR) is 79.2 cm³/mol. The molecule has 2 rings (SSSR count). The van der Waals surface area contributed by atoms with Gasteiger partial charge in [-0.25, -0.2) is 0 Å². The van der Waals surface area contributed by atoms with Crippen molar-refractivity contribution in [2.24, 2.45) is 5.92 Å². The first-order valence-electron chi connectivity index (χ1n) is 7.48. The van der Waals surface area contributed by atoms with Gasteiger partial charge in [0, 0.05) is 32.4 Å². The lowest BCUT2D eigenvalue weighted by molar-refractivity contribution is 0.0616. The molecule has 0 spiro atoms. The van der Waals surface area contributed by atoms with Gasteiger partial charge in [-0.1, -0.05) is 0 Å². The number of hydrogen-bond acceptors (Lipinski definition) is 3. The van der Waals surface area contributed by atoms with Crippen LogP contribution in [0.15, 0.2) is 12.1 Å². The van der Waals surface area contributed by atoms with Gasteiger partial charge in [0.25, 0.3) is 5.91 Å². The summed E-state index contributed by atoms with van der Waals surface area (Å²) in [4.78, 5) is 14.4. The van der Waals surface area contributed by atoms with Gasteiger partial charge < -0.3 is 15.0 Å². The highest BCUT2D eigenvalue weighted by molar-refractivity contribution is 5.92. The van der Waals surface area contributed by atoms with Crippen LogP contribution in [0.4, 0.5) is 8.78 Å². The van der Waals surface area contributed by atoms with Crippen LogP contribution in [-0.2, 0) is 4.74 Å². The Morgan fingerprint density at radius 2 is 2.27 bits per heavy atom. The third kappa shape index (κ3) is 4.04. The minimum absolute atomic E-state index is 0.0155. The zero-order valence-electron chi connectivity index (χ0n) is 13.0. The first-order valence-corrected chi connectivity index (χ1v) is 7.48. The molecule has 1 atom stereocenters. The molecule has 1 saturated heterocycles. The van der Waals surface area contributed by atoms with Crippen LogP contribution in [-0.4, -0.2) is 55.3 Å². The molecule has 5 nitrogen and oxygen atoms in total. The number of amides is 1. The average molecular weight is 315 g/mol. The van der Waals surface area contributed by atoms with Crippen molar-refractivity contribution >= 4 is 5.91 Å². The summed E-state index contributed by atoms with van der Waals surface area (Å²) < 4.78 is 31.7. The molecule has 1 aromatic heterocycles. The van der Waals surface area contributed by atoms with Gasteiger partial charge in [0.2, 0.25) is 0 Å². The number of aryl methyl sites for hydroxylation is 1. The van der Waals surface area contributed by atoms with Crippen molar-refractivity contribution in [2.45, 2.75) is 19.9 Å². The van der Waals surface area contributed by atoms with Gasteiger partial charge in [-0.3, -0.25) is 9.36 Å². The number of nitrogens with zero attached hydrogens (tertiary/aromatic N) is 2. The van der Waals surface area contributed by atoms with E-state index in [1.54, 1.807) is 14.0 Å². The van der Waals surface area contributed by atoms with E-state index in [-0.39, 0.29) is 5.69 Å². The van der Waals surface area contributed by atoms with Gasteiger partial charge in [-0.15, -0.1) is 0 Å². The molecule has 1 N–H and O–H groups in total. The maximum absolute atomic E-state index is 13.0. The van der Waals surface area contributed by atoms with Gasteiger partial charge in [-0.05, 0) is 37.9 Å². The molecule has 1 fully saturated rings. The fourth-order valence-electron chi connectivity index (χ4n) is 2.82. The summed E-state index contributed by atoms with van der Waals surface area (Å²) in [6, 6.07) is 2.97. The monoisotopic (exact) mass is 315 g/mol. The molecule has 1 aromatic rings. The number of carbonyl (C=O) groups is 1. The zero-order valence-corrected chi connectivity index (χ0v) is 13.0. The fourth-order valence-corrected chi connectivity index (χ4v) is 2.82. The highest BCUT2D eigenvalue weighted by Gasteiger charge is 2.24. The van der Waals surface area contributed by atoms with E-state index in [1.807, 2.05) is 0 Å². The van der Waals surface area contributed by atoms with Crippen molar-refractivity contribution in [2.75, 3.05) is 39.9 Å². The van der Waals surface area contributed by atoms with Crippen molar-refractivity contribution in [3.63, 3.8) is 0 Å². The third-order valence-electron chi connectivity index (χ3n) is 4.08. The fraction of sp³-hybridized carbons (Fsp3) is 0.667. The Balaban J connectivity index is 1.84. The maximum atomic E-state index is 13.0. The highest BCUT2D eigenvalue weighted by Crippen LogP contribution is 2.19. The second-order valence-electron chi connectivity index (χ2n) is 5.67. The van der Waals surface area contributed by atoms with Crippen LogP contribution in [0, 0.1) is 12.8 Å². The average Bonchev–Trinajstić information content (AvgIpc) is 3.09. The third-order valence-corrected chi connectivity index (χ3v) is 4.08. The molecule has 22 heavy (non-hydrogen) atoms. The number of methoxy groups -OCH3 is 1. The summed E-state index contributed by atoms with van der Waals surface area (Å²) in [5.41, 5.74) is 0.397. The number of aromatic nitrogens is 1. The Hall–Kier alpha value is -1.47. The summed E-state index contributed by atoms with van der Waals surface area (Å²) in [6.07, 6.45) is 0.999. The van der Waals surface area contributed by atoms with Gasteiger partial charge in [0.1, 0.15) is 5.69 Å². The van der Waals surface area contributed by atoms with Gasteiger partial charge in [0.05, 0.1) is 6.61 Å². The molecule has 0 bridgehead atoms. The number of likely N-dealkylation sites (tertiary alicyclic amines) is 1. The quantitative estimate of drug-likeness (QED) is 0.836. The molecule has 2 heterocycles. The highest BCUT2D eigenvalue weighted by atomic mass is 19.3. The van der Waals surface area contributed by atoms with Crippen molar-refractivity contribution in [3.8, 4) is 0 Å². The molecule has 1 aliphatic rings. The molecule has 1 amide bonds. The summed E-state index contributed by atoms with van der Waals surface area (Å²) in [6.45, 7) is 2.83. The van der Waals surface area contributed by atoms with Crippen LogP contribution in [0.2, 0.25) is 0 Å². The summed E-state index contributed by atoms with van der Waals surface area (Å²) >= 11 is 0. The van der Waals surface area contributed by atoms with Crippen LogP contribution in [0.3, 0.4) is 0 Å². The smallest absolute Gasteiger partial charge is 0.319 e. The molecular formula is C15H23F2N3O2. The van der Waals surface area contributed by atoms with Gasteiger partial charge in [-0.2, -0.15) is 8.78 Å². The van der Waals surface area contributed by atoms with Gasteiger partial charge in [0.15, 0.2) is 0 Å². The molecule has 0 radical (unpaired) electrons. The van der Waals surface area contributed by atoms with E-state index < -0.39 is 12.5 Å². The van der Waals surface area contributed by atoms with E-state index in [4.69, 9.17) is 4.74 Å². The van der Waals surface area contributed by atoms with Crippen LogP contribution in [0.1, 0.15) is 29.2 Å². The molecule has 0 unspecified atom stereocenters. The van der Waals surface area contributed by atoms with Crippen LogP contribution < -0.4 is 5.32 Å². The molecule has 1 aliphatic heterocycles. The minimum atomic E-state index is -2.70. The minimum Gasteiger partial charge on any atom is -0.383 e. The first-order chi connectivity index (χ1) is 10.5. The van der Waals surface area contributed by atoms with Crippen molar-refractivity contribution < 1.29 is 18.3 Å². The number of ether oxygens (including phenoxy) is 1. The Kier molecular flexibility index (Phi) is 5.90.